The maximum atomic E-state index is 12.3. The molecule has 0 saturated heterocycles. The molecule has 0 fully saturated rings. The van der Waals surface area contributed by atoms with Crippen LogP contribution in [0.2, 0.25) is 0 Å². The Morgan fingerprint density at radius 1 is 1.17 bits per heavy atom. The van der Waals surface area contributed by atoms with Crippen LogP contribution in [-0.4, -0.2) is 16.9 Å². The number of amides is 1. The lowest BCUT2D eigenvalue weighted by atomic mass is 10.0. The van der Waals surface area contributed by atoms with Gasteiger partial charge >= 0.3 is 0 Å². The molecule has 1 heterocycles. The number of fused-ring (bicyclic) bond motifs is 1. The molecule has 1 atom stereocenters. The van der Waals surface area contributed by atoms with E-state index >= 15 is 0 Å². The molecule has 1 aliphatic carbocycles. The summed E-state index contributed by atoms with van der Waals surface area (Å²) in [5.41, 5.74) is 8.27. The molecule has 0 bridgehead atoms. The summed E-state index contributed by atoms with van der Waals surface area (Å²) in [6, 6.07) is 9.30. The Labute approximate surface area is 153 Å². The molecule has 6 heteroatoms. The summed E-state index contributed by atoms with van der Waals surface area (Å²) in [6.07, 6.45) is 7.63. The third-order valence-corrected chi connectivity index (χ3v) is 5.28. The van der Waals surface area contributed by atoms with Crippen LogP contribution in [0.1, 0.15) is 41.8 Å². The number of benzene rings is 1. The highest BCUT2D eigenvalue weighted by Crippen LogP contribution is 2.28. The van der Waals surface area contributed by atoms with Crippen LogP contribution in [0.4, 0.5) is 5.13 Å². The second-order valence-electron chi connectivity index (χ2n) is 6.09. The Balaban J connectivity index is 0.00000208. The van der Waals surface area contributed by atoms with E-state index in [4.69, 9.17) is 5.73 Å². The number of halogens is 1. The molecule has 0 unspecified atom stereocenters. The first-order chi connectivity index (χ1) is 11.2. The van der Waals surface area contributed by atoms with Crippen molar-refractivity contribution in [2.24, 2.45) is 5.73 Å². The first-order valence-corrected chi connectivity index (χ1v) is 9.13. The maximum absolute atomic E-state index is 12.3. The molecule has 3 rings (SSSR count). The number of nitrogens with two attached hydrogens (primary N) is 1. The van der Waals surface area contributed by atoms with Crippen LogP contribution in [-0.2, 0) is 24.1 Å². The minimum absolute atomic E-state index is 0. The third kappa shape index (κ3) is 5.03. The molecule has 2 aromatic rings. The van der Waals surface area contributed by atoms with Crippen molar-refractivity contribution in [2.75, 3.05) is 5.32 Å². The fourth-order valence-electron chi connectivity index (χ4n) is 2.92. The minimum atomic E-state index is -0.552. The van der Waals surface area contributed by atoms with Crippen molar-refractivity contribution in [2.45, 2.75) is 51.0 Å². The lowest BCUT2D eigenvalue weighted by Gasteiger charge is -2.10. The molecular formula is C18H24ClN3OS. The standard InChI is InChI=1S/C18H23N3OS.ClH/c19-14(12-13-8-4-3-5-9-13)17(22)21-18-20-15-10-6-1-2-7-11-16(15)23-18;/h3-5,8-9,14H,1-2,6-7,10-12,19H2,(H,20,21,22);1H/t14-;/m0./s1. The van der Waals surface area contributed by atoms with Gasteiger partial charge in [-0.2, -0.15) is 0 Å². The molecule has 130 valence electrons. The van der Waals surface area contributed by atoms with Crippen LogP contribution in [0.3, 0.4) is 0 Å². The Kier molecular flexibility index (Phi) is 7.21. The summed E-state index contributed by atoms with van der Waals surface area (Å²) in [6.45, 7) is 0. The molecule has 0 saturated carbocycles. The number of hydrogen-bond donors (Lipinski definition) is 2. The van der Waals surface area contributed by atoms with Crippen LogP contribution in [0, 0.1) is 0 Å². The Bertz CT molecular complexity index is 634. The highest BCUT2D eigenvalue weighted by molar-refractivity contribution is 7.15. The molecule has 0 aliphatic heterocycles. The van der Waals surface area contributed by atoms with E-state index in [9.17, 15) is 4.79 Å². The normalized spacial score (nSPS) is 15.4. The first-order valence-electron chi connectivity index (χ1n) is 8.31. The van der Waals surface area contributed by atoms with Gasteiger partial charge in [0.1, 0.15) is 0 Å². The number of hydrogen-bond acceptors (Lipinski definition) is 4. The number of aromatic nitrogens is 1. The van der Waals surface area contributed by atoms with Gasteiger partial charge in [-0.15, -0.1) is 23.7 Å². The van der Waals surface area contributed by atoms with Crippen molar-refractivity contribution >= 4 is 34.8 Å². The zero-order chi connectivity index (χ0) is 16.1. The second kappa shape index (κ2) is 9.16. The van der Waals surface area contributed by atoms with Gasteiger partial charge in [-0.05, 0) is 37.7 Å². The summed E-state index contributed by atoms with van der Waals surface area (Å²) in [4.78, 5) is 18.2. The van der Waals surface area contributed by atoms with Crippen molar-refractivity contribution in [3.63, 3.8) is 0 Å². The SMILES string of the molecule is Cl.N[C@@H](Cc1ccccc1)C(=O)Nc1nc2c(s1)CCCCCC2. The van der Waals surface area contributed by atoms with Crippen molar-refractivity contribution in [3.8, 4) is 0 Å². The Morgan fingerprint density at radius 2 is 1.88 bits per heavy atom. The topological polar surface area (TPSA) is 68.0 Å². The molecule has 1 aromatic carbocycles. The fraction of sp³-hybridized carbons (Fsp3) is 0.444. The van der Waals surface area contributed by atoms with Gasteiger partial charge in [0, 0.05) is 4.88 Å². The number of nitrogens with one attached hydrogen (secondary N) is 1. The second-order valence-corrected chi connectivity index (χ2v) is 7.17. The lowest BCUT2D eigenvalue weighted by molar-refractivity contribution is -0.117. The minimum Gasteiger partial charge on any atom is -0.320 e. The van der Waals surface area contributed by atoms with Gasteiger partial charge in [0.25, 0.3) is 0 Å². The number of carbonyl (C=O) groups excluding carboxylic acids is 1. The van der Waals surface area contributed by atoms with Gasteiger partial charge < -0.3 is 11.1 Å². The zero-order valence-electron chi connectivity index (χ0n) is 13.7. The third-order valence-electron chi connectivity index (χ3n) is 4.21. The van der Waals surface area contributed by atoms with Gasteiger partial charge in [-0.1, -0.05) is 43.2 Å². The number of rotatable bonds is 4. The van der Waals surface area contributed by atoms with E-state index in [2.05, 4.69) is 10.3 Å². The number of nitrogens with zero attached hydrogens (tertiary/aromatic N) is 1. The van der Waals surface area contributed by atoms with E-state index in [1.807, 2.05) is 30.3 Å². The van der Waals surface area contributed by atoms with Crippen molar-refractivity contribution < 1.29 is 4.79 Å². The summed E-state index contributed by atoms with van der Waals surface area (Å²) in [5.74, 6) is -0.157. The zero-order valence-corrected chi connectivity index (χ0v) is 15.3. The highest BCUT2D eigenvalue weighted by atomic mass is 35.5. The molecule has 24 heavy (non-hydrogen) atoms. The van der Waals surface area contributed by atoms with Crippen LogP contribution in [0.5, 0.6) is 0 Å². The van der Waals surface area contributed by atoms with Gasteiger partial charge in [0.05, 0.1) is 11.7 Å². The summed E-state index contributed by atoms with van der Waals surface area (Å²) >= 11 is 1.61. The molecule has 1 aromatic heterocycles. The number of thiazole rings is 1. The number of carbonyl (C=O) groups is 1. The van der Waals surface area contributed by atoms with Crippen LogP contribution >= 0.6 is 23.7 Å². The molecular weight excluding hydrogens is 342 g/mol. The van der Waals surface area contributed by atoms with E-state index in [0.29, 0.717) is 11.6 Å². The Hall–Kier alpha value is -1.43. The van der Waals surface area contributed by atoms with E-state index in [1.165, 1.54) is 36.3 Å². The monoisotopic (exact) mass is 365 g/mol. The summed E-state index contributed by atoms with van der Waals surface area (Å²) < 4.78 is 0. The van der Waals surface area contributed by atoms with E-state index in [1.54, 1.807) is 11.3 Å². The Morgan fingerprint density at radius 3 is 2.62 bits per heavy atom. The predicted octanol–water partition coefficient (Wildman–Crippen LogP) is 3.73. The predicted molar refractivity (Wildman–Crippen MR) is 102 cm³/mol. The van der Waals surface area contributed by atoms with Crippen LogP contribution in [0.25, 0.3) is 0 Å². The van der Waals surface area contributed by atoms with Gasteiger partial charge in [-0.3, -0.25) is 4.79 Å². The number of aryl methyl sites for hydroxylation is 2. The average Bonchev–Trinajstić information content (AvgIpc) is 2.89. The lowest BCUT2D eigenvalue weighted by Crippen LogP contribution is -2.37. The average molecular weight is 366 g/mol. The maximum Gasteiger partial charge on any atom is 0.243 e. The van der Waals surface area contributed by atoms with Crippen molar-refractivity contribution in [3.05, 3.63) is 46.5 Å². The van der Waals surface area contributed by atoms with E-state index in [0.717, 1.165) is 18.4 Å². The summed E-state index contributed by atoms with van der Waals surface area (Å²) in [7, 11) is 0. The number of anilines is 1. The molecule has 1 aliphatic rings. The molecule has 4 nitrogen and oxygen atoms in total. The molecule has 3 N–H and O–H groups in total. The van der Waals surface area contributed by atoms with Gasteiger partial charge in [-0.25, -0.2) is 4.98 Å². The quantitative estimate of drug-likeness (QED) is 0.867. The van der Waals surface area contributed by atoms with Gasteiger partial charge in [0.15, 0.2) is 5.13 Å². The van der Waals surface area contributed by atoms with E-state index in [-0.39, 0.29) is 18.3 Å². The smallest absolute Gasteiger partial charge is 0.243 e. The van der Waals surface area contributed by atoms with E-state index < -0.39 is 6.04 Å². The molecule has 1 amide bonds. The van der Waals surface area contributed by atoms with Crippen molar-refractivity contribution in [1.29, 1.82) is 0 Å². The van der Waals surface area contributed by atoms with Crippen LogP contribution in [0.15, 0.2) is 30.3 Å². The largest absolute Gasteiger partial charge is 0.320 e. The van der Waals surface area contributed by atoms with Crippen LogP contribution < -0.4 is 11.1 Å². The molecule has 0 radical (unpaired) electrons. The molecule has 0 spiro atoms. The fourth-order valence-corrected chi connectivity index (χ4v) is 3.97. The van der Waals surface area contributed by atoms with Crippen molar-refractivity contribution in [1.82, 2.24) is 4.98 Å². The highest BCUT2D eigenvalue weighted by Gasteiger charge is 2.18. The first kappa shape index (κ1) is 18.9. The van der Waals surface area contributed by atoms with Gasteiger partial charge in [0.2, 0.25) is 5.91 Å². The summed E-state index contributed by atoms with van der Waals surface area (Å²) in [5, 5.41) is 3.60.